The first-order valence-corrected chi connectivity index (χ1v) is 10.5. The molecule has 0 bridgehead atoms. The molecular weight excluding hydrogens is 314 g/mol. The molecule has 1 rings (SSSR count). The Morgan fingerprint density at radius 1 is 1.39 bits per heavy atom. The molecule has 0 atom stereocenters. The first-order valence-electron chi connectivity index (χ1n) is 6.00. The lowest BCUT2D eigenvalue weighted by atomic mass is 10.1. The molecule has 5 nitrogen and oxygen atoms in total. The zero-order valence-corrected chi connectivity index (χ0v) is 14.3. The average Bonchev–Trinajstić information content (AvgIpc) is 2.53. The Balaban J connectivity index is 2.51. The summed E-state index contributed by atoms with van der Waals surface area (Å²) in [6.45, 7) is 11.3. The molecule has 1 heterocycles. The number of aromatic nitrogens is 3. The minimum Gasteiger partial charge on any atom is -0.382 e. The Hall–Kier alpha value is -0.243. The fraction of sp³-hybridized carbons (Fsp3) is 0.818. The maximum atomic E-state index is 9.81. The highest BCUT2D eigenvalue weighted by atomic mass is 79.9. The third-order valence-electron chi connectivity index (χ3n) is 2.38. The molecular formula is C11H22BrN3O2Si. The van der Waals surface area contributed by atoms with Gasteiger partial charge in [0.15, 0.2) is 10.6 Å². The smallest absolute Gasteiger partial charge is 0.197 e. The lowest BCUT2D eigenvalue weighted by Gasteiger charge is -2.15. The fourth-order valence-corrected chi connectivity index (χ4v) is 2.30. The normalized spacial score (nSPS) is 13.1. The third kappa shape index (κ3) is 5.17. The molecule has 1 aromatic heterocycles. The van der Waals surface area contributed by atoms with Gasteiger partial charge in [0.05, 0.1) is 0 Å². The van der Waals surface area contributed by atoms with Gasteiger partial charge >= 0.3 is 0 Å². The van der Waals surface area contributed by atoms with Crippen molar-refractivity contribution in [2.24, 2.45) is 0 Å². The molecule has 0 unspecified atom stereocenters. The van der Waals surface area contributed by atoms with Crippen LogP contribution < -0.4 is 0 Å². The van der Waals surface area contributed by atoms with Crippen LogP contribution in [0.25, 0.3) is 0 Å². The molecule has 104 valence electrons. The highest BCUT2D eigenvalue weighted by Gasteiger charge is 2.23. The third-order valence-corrected chi connectivity index (χ3v) is 4.67. The summed E-state index contributed by atoms with van der Waals surface area (Å²) in [5.74, 6) is 0.392. The summed E-state index contributed by atoms with van der Waals surface area (Å²) in [7, 11) is -1.06. The minimum atomic E-state index is -1.06. The van der Waals surface area contributed by atoms with Gasteiger partial charge in [-0.25, -0.2) is 9.67 Å². The van der Waals surface area contributed by atoms with Crippen molar-refractivity contribution in [1.29, 1.82) is 0 Å². The zero-order chi connectivity index (χ0) is 14.0. The molecule has 0 amide bonds. The van der Waals surface area contributed by atoms with Crippen molar-refractivity contribution < 1.29 is 9.84 Å². The van der Waals surface area contributed by atoms with Crippen LogP contribution in [-0.2, 0) is 17.1 Å². The van der Waals surface area contributed by atoms with E-state index in [0.29, 0.717) is 17.3 Å². The molecule has 18 heavy (non-hydrogen) atoms. The summed E-state index contributed by atoms with van der Waals surface area (Å²) >= 11 is 3.31. The number of rotatable bonds is 6. The van der Waals surface area contributed by atoms with E-state index in [-0.39, 0.29) is 0 Å². The molecule has 0 radical (unpaired) electrons. The van der Waals surface area contributed by atoms with Gasteiger partial charge in [-0.05, 0) is 35.8 Å². The standard InChI is InChI=1S/C11H22BrN3O2Si/c1-11(2,16)9-13-10(12)15(14-9)8-17-6-7-18(3,4)5/h16H,6-8H2,1-5H3. The van der Waals surface area contributed by atoms with Crippen molar-refractivity contribution in [3.63, 3.8) is 0 Å². The number of hydrogen-bond acceptors (Lipinski definition) is 4. The quantitative estimate of drug-likeness (QED) is 0.641. The van der Waals surface area contributed by atoms with Gasteiger partial charge < -0.3 is 9.84 Å². The summed E-state index contributed by atoms with van der Waals surface area (Å²) in [5, 5.41) is 14.0. The zero-order valence-electron chi connectivity index (χ0n) is 11.7. The van der Waals surface area contributed by atoms with E-state index < -0.39 is 13.7 Å². The second kappa shape index (κ2) is 5.81. The van der Waals surface area contributed by atoms with E-state index in [4.69, 9.17) is 4.74 Å². The number of ether oxygens (including phenoxy) is 1. The van der Waals surface area contributed by atoms with Crippen molar-refractivity contribution in [3.05, 3.63) is 10.6 Å². The van der Waals surface area contributed by atoms with Gasteiger partial charge in [-0.1, -0.05) is 19.6 Å². The van der Waals surface area contributed by atoms with E-state index in [0.717, 1.165) is 12.7 Å². The lowest BCUT2D eigenvalue weighted by Crippen LogP contribution is -2.22. The van der Waals surface area contributed by atoms with Gasteiger partial charge in [-0.15, -0.1) is 5.10 Å². The summed E-state index contributed by atoms with van der Waals surface area (Å²) in [6, 6.07) is 1.12. The lowest BCUT2D eigenvalue weighted by molar-refractivity contribution is 0.0605. The van der Waals surface area contributed by atoms with Crippen molar-refractivity contribution in [2.45, 2.75) is 51.9 Å². The van der Waals surface area contributed by atoms with Crippen LogP contribution in [0.15, 0.2) is 4.73 Å². The molecule has 0 aliphatic rings. The summed E-state index contributed by atoms with van der Waals surface area (Å²) < 4.78 is 7.77. The molecule has 1 aromatic rings. The highest BCUT2D eigenvalue weighted by Crippen LogP contribution is 2.18. The SMILES string of the molecule is CC(C)(O)c1nc(Br)n(COCC[Si](C)(C)C)n1. The monoisotopic (exact) mass is 335 g/mol. The van der Waals surface area contributed by atoms with E-state index >= 15 is 0 Å². The van der Waals surface area contributed by atoms with Crippen LogP contribution in [0.5, 0.6) is 0 Å². The molecule has 0 aliphatic carbocycles. The predicted octanol–water partition coefficient (Wildman–Crippen LogP) is 2.58. The van der Waals surface area contributed by atoms with Crippen molar-refractivity contribution in [1.82, 2.24) is 14.8 Å². The maximum Gasteiger partial charge on any atom is 0.197 e. The van der Waals surface area contributed by atoms with Crippen molar-refractivity contribution in [2.75, 3.05) is 6.61 Å². The molecule has 0 fully saturated rings. The Kier molecular flexibility index (Phi) is 5.11. The molecule has 1 N–H and O–H groups in total. The molecule has 0 aliphatic heterocycles. The van der Waals surface area contributed by atoms with E-state index in [9.17, 15) is 5.11 Å². The Bertz CT molecular complexity index is 396. The van der Waals surface area contributed by atoms with Gasteiger partial charge in [-0.3, -0.25) is 0 Å². The van der Waals surface area contributed by atoms with E-state index in [1.54, 1.807) is 18.5 Å². The van der Waals surface area contributed by atoms with E-state index in [1.807, 2.05) is 0 Å². The number of aliphatic hydroxyl groups is 1. The number of hydrogen-bond donors (Lipinski definition) is 1. The minimum absolute atomic E-state index is 0.355. The fourth-order valence-electron chi connectivity index (χ4n) is 1.19. The van der Waals surface area contributed by atoms with Gasteiger partial charge in [0.2, 0.25) is 0 Å². The van der Waals surface area contributed by atoms with Crippen molar-refractivity contribution >= 4 is 24.0 Å². The predicted molar refractivity (Wildman–Crippen MR) is 77.1 cm³/mol. The molecule has 0 spiro atoms. The van der Waals surface area contributed by atoms with Gasteiger partial charge in [-0.2, -0.15) is 0 Å². The van der Waals surface area contributed by atoms with Crippen LogP contribution in [0.2, 0.25) is 25.7 Å². The Morgan fingerprint density at radius 3 is 2.44 bits per heavy atom. The van der Waals surface area contributed by atoms with Crippen molar-refractivity contribution in [3.8, 4) is 0 Å². The van der Waals surface area contributed by atoms with Gasteiger partial charge in [0.25, 0.3) is 0 Å². The number of halogens is 1. The summed E-state index contributed by atoms with van der Waals surface area (Å²) in [6.07, 6.45) is 0. The van der Waals surface area contributed by atoms with Crippen LogP contribution in [0.3, 0.4) is 0 Å². The summed E-state index contributed by atoms with van der Waals surface area (Å²) in [4.78, 5) is 4.16. The van der Waals surface area contributed by atoms with E-state index in [1.165, 1.54) is 0 Å². The summed E-state index contributed by atoms with van der Waals surface area (Å²) in [5.41, 5.74) is -1.04. The first-order chi connectivity index (χ1) is 8.09. The van der Waals surface area contributed by atoms with E-state index in [2.05, 4.69) is 45.7 Å². The highest BCUT2D eigenvalue weighted by molar-refractivity contribution is 9.10. The topological polar surface area (TPSA) is 60.2 Å². The van der Waals surface area contributed by atoms with Crippen LogP contribution in [-0.4, -0.2) is 34.6 Å². The number of nitrogens with zero attached hydrogens (tertiary/aromatic N) is 3. The van der Waals surface area contributed by atoms with Crippen LogP contribution in [0.4, 0.5) is 0 Å². The van der Waals surface area contributed by atoms with Crippen LogP contribution in [0.1, 0.15) is 19.7 Å². The van der Waals surface area contributed by atoms with Crippen LogP contribution in [0, 0.1) is 0 Å². The molecule has 0 aromatic carbocycles. The average molecular weight is 336 g/mol. The van der Waals surface area contributed by atoms with Gasteiger partial charge in [0.1, 0.15) is 12.3 Å². The second-order valence-corrected chi connectivity index (χ2v) is 12.4. The molecule has 0 saturated heterocycles. The molecule has 7 heteroatoms. The largest absolute Gasteiger partial charge is 0.382 e. The second-order valence-electron chi connectivity index (χ2n) is 6.11. The molecule has 0 saturated carbocycles. The Labute approximate surface area is 118 Å². The van der Waals surface area contributed by atoms with Gasteiger partial charge in [0, 0.05) is 14.7 Å². The van der Waals surface area contributed by atoms with Crippen LogP contribution >= 0.6 is 15.9 Å². The Morgan fingerprint density at radius 2 is 2.00 bits per heavy atom. The maximum absolute atomic E-state index is 9.81. The first kappa shape index (κ1) is 15.8.